The number of carbonyl (C=O) groups is 1. The Bertz CT molecular complexity index is 794. The van der Waals surface area contributed by atoms with Crippen LogP contribution < -0.4 is 0 Å². The lowest BCUT2D eigenvalue weighted by Gasteiger charge is -2.35. The lowest BCUT2D eigenvalue weighted by Crippen LogP contribution is -2.38. The number of benzene rings is 1. The van der Waals surface area contributed by atoms with Crippen molar-refractivity contribution in [2.45, 2.75) is 89.8 Å². The molecule has 0 aromatic heterocycles. The zero-order valence-corrected chi connectivity index (χ0v) is 19.9. The fraction of sp³-hybridized carbons (Fsp3) is 0.680. The van der Waals surface area contributed by atoms with Crippen LogP contribution in [-0.2, 0) is 4.74 Å². The van der Waals surface area contributed by atoms with Crippen LogP contribution in [0, 0.1) is 5.92 Å². The highest BCUT2D eigenvalue weighted by Crippen LogP contribution is 2.43. The van der Waals surface area contributed by atoms with E-state index in [1.807, 2.05) is 37.8 Å². The highest BCUT2D eigenvalue weighted by molar-refractivity contribution is 6.30. The molecule has 2 fully saturated rings. The number of hydrazone groups is 1. The molecule has 0 bridgehead atoms. The van der Waals surface area contributed by atoms with Crippen molar-refractivity contribution in [2.24, 2.45) is 11.0 Å². The monoisotopic (exact) mass is 445 g/mol. The summed E-state index contributed by atoms with van der Waals surface area (Å²) in [5, 5.41) is 8.42. The highest BCUT2D eigenvalue weighted by Gasteiger charge is 2.42. The first-order valence-corrected chi connectivity index (χ1v) is 12.3. The average Bonchev–Trinajstić information content (AvgIpc) is 2.89. The molecule has 5 nitrogen and oxygen atoms in total. The van der Waals surface area contributed by atoms with Crippen LogP contribution in [0.25, 0.3) is 0 Å². The summed E-state index contributed by atoms with van der Waals surface area (Å²) >= 11 is 6.19. The molecule has 6 heteroatoms. The van der Waals surface area contributed by atoms with Crippen LogP contribution in [0.4, 0.5) is 4.79 Å². The van der Waals surface area contributed by atoms with Gasteiger partial charge in [0.25, 0.3) is 0 Å². The van der Waals surface area contributed by atoms with Gasteiger partial charge in [0, 0.05) is 42.2 Å². The van der Waals surface area contributed by atoms with E-state index in [1.54, 1.807) is 0 Å². The van der Waals surface area contributed by atoms with E-state index in [2.05, 4.69) is 17.1 Å². The third kappa shape index (κ3) is 5.36. The second-order valence-electron chi connectivity index (χ2n) is 10.2. The van der Waals surface area contributed by atoms with E-state index in [0.29, 0.717) is 25.0 Å². The number of ether oxygens (including phenoxy) is 1. The summed E-state index contributed by atoms with van der Waals surface area (Å²) in [6, 6.07) is 9.03. The molecule has 2 aliphatic heterocycles. The van der Waals surface area contributed by atoms with Gasteiger partial charge in [0.05, 0.1) is 6.04 Å². The van der Waals surface area contributed by atoms with Gasteiger partial charge >= 0.3 is 6.09 Å². The van der Waals surface area contributed by atoms with Crippen LogP contribution in [0.15, 0.2) is 29.4 Å². The number of carbonyl (C=O) groups excluding carboxylic acids is 1. The van der Waals surface area contributed by atoms with Gasteiger partial charge in [-0.2, -0.15) is 5.10 Å². The SMILES string of the molecule is CC(C)(C)OC(=O)N1CCC2=NN(C3CCCCCC3)C(c3ccc(Cl)cc3)C2CC1. The van der Waals surface area contributed by atoms with Gasteiger partial charge in [0.2, 0.25) is 0 Å². The smallest absolute Gasteiger partial charge is 0.410 e. The first-order chi connectivity index (χ1) is 14.8. The standard InChI is InChI=1S/C25H36ClN3O2/c1-25(2,3)31-24(30)28-16-14-21-22(15-17-28)27-29(20-8-6-4-5-7-9-20)23(21)18-10-12-19(26)13-11-18/h10-13,20-21,23H,4-9,14-17H2,1-3H3. The van der Waals surface area contributed by atoms with Gasteiger partial charge in [-0.15, -0.1) is 0 Å². The molecule has 1 amide bonds. The van der Waals surface area contributed by atoms with Crippen molar-refractivity contribution in [1.29, 1.82) is 0 Å². The van der Waals surface area contributed by atoms with Crippen LogP contribution in [0.2, 0.25) is 5.02 Å². The van der Waals surface area contributed by atoms with Crippen LogP contribution in [0.3, 0.4) is 0 Å². The van der Waals surface area contributed by atoms with E-state index in [0.717, 1.165) is 17.9 Å². The van der Waals surface area contributed by atoms with Crippen LogP contribution >= 0.6 is 11.6 Å². The molecule has 2 atom stereocenters. The second kappa shape index (κ2) is 9.40. The van der Waals surface area contributed by atoms with Gasteiger partial charge in [0.1, 0.15) is 5.60 Å². The number of fused-ring (bicyclic) bond motifs is 1. The Labute approximate surface area is 191 Å². The van der Waals surface area contributed by atoms with E-state index < -0.39 is 5.60 Å². The second-order valence-corrected chi connectivity index (χ2v) is 10.7. The normalized spacial score (nSPS) is 25.5. The van der Waals surface area contributed by atoms with Gasteiger partial charge in [-0.05, 0) is 57.7 Å². The zero-order valence-electron chi connectivity index (χ0n) is 19.1. The Morgan fingerprint density at radius 1 is 1.03 bits per heavy atom. The first kappa shape index (κ1) is 22.4. The maximum Gasteiger partial charge on any atom is 0.410 e. The van der Waals surface area contributed by atoms with Crippen molar-refractivity contribution in [3.63, 3.8) is 0 Å². The van der Waals surface area contributed by atoms with E-state index in [1.165, 1.54) is 49.8 Å². The lowest BCUT2D eigenvalue weighted by molar-refractivity contribution is 0.0248. The number of hydrogen-bond donors (Lipinski definition) is 0. The summed E-state index contributed by atoms with van der Waals surface area (Å²) in [7, 11) is 0. The number of rotatable bonds is 2. The Morgan fingerprint density at radius 3 is 2.35 bits per heavy atom. The maximum absolute atomic E-state index is 12.7. The highest BCUT2D eigenvalue weighted by atomic mass is 35.5. The minimum atomic E-state index is -0.473. The predicted octanol–water partition coefficient (Wildman–Crippen LogP) is 6.42. The molecular weight excluding hydrogens is 410 g/mol. The molecule has 1 aliphatic carbocycles. The molecule has 0 N–H and O–H groups in total. The largest absolute Gasteiger partial charge is 0.444 e. The maximum atomic E-state index is 12.7. The molecule has 1 saturated carbocycles. The summed E-state index contributed by atoms with van der Waals surface area (Å²) in [5.74, 6) is 0.330. The van der Waals surface area contributed by atoms with Crippen molar-refractivity contribution in [3.8, 4) is 0 Å². The Balaban J connectivity index is 1.57. The van der Waals surface area contributed by atoms with Crippen molar-refractivity contribution in [1.82, 2.24) is 9.91 Å². The van der Waals surface area contributed by atoms with Crippen molar-refractivity contribution < 1.29 is 9.53 Å². The predicted molar refractivity (Wildman–Crippen MR) is 125 cm³/mol. The fourth-order valence-corrected chi connectivity index (χ4v) is 5.38. The van der Waals surface area contributed by atoms with Gasteiger partial charge in [0.15, 0.2) is 0 Å². The molecule has 1 saturated heterocycles. The summed E-state index contributed by atoms with van der Waals surface area (Å²) in [6.07, 6.45) is 9.20. The van der Waals surface area contributed by atoms with Crippen molar-refractivity contribution in [2.75, 3.05) is 13.1 Å². The molecule has 2 unspecified atom stereocenters. The minimum absolute atomic E-state index is 0.211. The topological polar surface area (TPSA) is 45.1 Å². The van der Waals surface area contributed by atoms with E-state index >= 15 is 0 Å². The lowest BCUT2D eigenvalue weighted by atomic mass is 9.86. The third-order valence-corrected chi connectivity index (χ3v) is 7.00. The average molecular weight is 446 g/mol. The van der Waals surface area contributed by atoms with Gasteiger partial charge in [-0.25, -0.2) is 4.79 Å². The Hall–Kier alpha value is -1.75. The van der Waals surface area contributed by atoms with Gasteiger partial charge in [-0.1, -0.05) is 49.4 Å². The Morgan fingerprint density at radius 2 is 1.71 bits per heavy atom. The number of halogens is 1. The summed E-state index contributed by atoms with van der Waals surface area (Å²) < 4.78 is 5.63. The number of hydrogen-bond acceptors (Lipinski definition) is 4. The molecule has 4 rings (SSSR count). The summed E-state index contributed by atoms with van der Waals surface area (Å²) in [5.41, 5.74) is 2.05. The van der Waals surface area contributed by atoms with E-state index in [-0.39, 0.29) is 12.1 Å². The van der Waals surface area contributed by atoms with Crippen molar-refractivity contribution >= 4 is 23.4 Å². The minimum Gasteiger partial charge on any atom is -0.444 e. The Kier molecular flexibility index (Phi) is 6.80. The third-order valence-electron chi connectivity index (χ3n) is 6.75. The van der Waals surface area contributed by atoms with Crippen LogP contribution in [0.1, 0.15) is 83.7 Å². The number of nitrogens with zero attached hydrogens (tertiary/aromatic N) is 3. The first-order valence-electron chi connectivity index (χ1n) is 11.9. The quantitative estimate of drug-likeness (QED) is 0.493. The fourth-order valence-electron chi connectivity index (χ4n) is 5.25. The van der Waals surface area contributed by atoms with Gasteiger partial charge in [-0.3, -0.25) is 5.01 Å². The molecule has 3 aliphatic rings. The molecule has 0 spiro atoms. The van der Waals surface area contributed by atoms with Crippen LogP contribution in [0.5, 0.6) is 0 Å². The van der Waals surface area contributed by atoms with Crippen molar-refractivity contribution in [3.05, 3.63) is 34.9 Å². The molecule has 1 aromatic carbocycles. The molecule has 31 heavy (non-hydrogen) atoms. The number of amides is 1. The summed E-state index contributed by atoms with van der Waals surface area (Å²) in [4.78, 5) is 14.5. The molecule has 1 aromatic rings. The summed E-state index contributed by atoms with van der Waals surface area (Å²) in [6.45, 7) is 7.14. The molecule has 170 valence electrons. The van der Waals surface area contributed by atoms with E-state index in [4.69, 9.17) is 21.4 Å². The molecule has 0 radical (unpaired) electrons. The zero-order chi connectivity index (χ0) is 22.0. The van der Waals surface area contributed by atoms with Gasteiger partial charge < -0.3 is 9.64 Å². The molecular formula is C25H36ClN3O2. The van der Waals surface area contributed by atoms with Crippen LogP contribution in [-0.4, -0.2) is 46.4 Å². The number of likely N-dealkylation sites (tertiary alicyclic amines) is 1. The molecule has 2 heterocycles. The van der Waals surface area contributed by atoms with E-state index in [9.17, 15) is 4.79 Å².